The lowest BCUT2D eigenvalue weighted by molar-refractivity contribution is -0.123. The molecule has 0 saturated carbocycles. The zero-order chi connectivity index (χ0) is 19.8. The highest BCUT2D eigenvalue weighted by Gasteiger charge is 2.20. The van der Waals surface area contributed by atoms with Crippen LogP contribution in [0.15, 0.2) is 42.5 Å². The predicted octanol–water partition coefficient (Wildman–Crippen LogP) is 3.84. The highest BCUT2D eigenvalue weighted by Crippen LogP contribution is 2.28. The van der Waals surface area contributed by atoms with Gasteiger partial charge in [0.2, 0.25) is 0 Å². The predicted molar refractivity (Wildman–Crippen MR) is 103 cm³/mol. The van der Waals surface area contributed by atoms with Gasteiger partial charge in [0, 0.05) is 5.69 Å². The maximum Gasteiger partial charge on any atom is 0.339 e. The molecule has 1 amide bonds. The van der Waals surface area contributed by atoms with Crippen LogP contribution in [-0.2, 0) is 16.0 Å². The summed E-state index contributed by atoms with van der Waals surface area (Å²) in [6, 6.07) is 12.3. The molecule has 144 valence electrons. The molecule has 2 aromatic rings. The van der Waals surface area contributed by atoms with E-state index in [1.807, 2.05) is 31.2 Å². The number of carbonyl (C=O) groups excluding carboxylic acids is 2. The molecule has 0 saturated heterocycles. The molecule has 0 aliphatic carbocycles. The van der Waals surface area contributed by atoms with Gasteiger partial charge in [0.05, 0.1) is 19.3 Å². The van der Waals surface area contributed by atoms with E-state index >= 15 is 0 Å². The third-order valence-corrected chi connectivity index (χ3v) is 3.98. The SMILES string of the molecule is CCOc1cc(C(=O)O[C@H](C)C(=O)Nc2ccc(CC)cc2)ccc1OC. The molecule has 0 heterocycles. The van der Waals surface area contributed by atoms with Crippen molar-refractivity contribution in [3.8, 4) is 11.5 Å². The molecule has 2 rings (SSSR count). The maximum atomic E-state index is 12.4. The third kappa shape index (κ3) is 5.48. The van der Waals surface area contributed by atoms with Crippen molar-refractivity contribution in [3.05, 3.63) is 53.6 Å². The first-order chi connectivity index (χ1) is 13.0. The second-order valence-electron chi connectivity index (χ2n) is 5.89. The van der Waals surface area contributed by atoms with Gasteiger partial charge in [-0.2, -0.15) is 0 Å². The monoisotopic (exact) mass is 371 g/mol. The number of amides is 1. The van der Waals surface area contributed by atoms with Crippen molar-refractivity contribution in [2.75, 3.05) is 19.0 Å². The molecule has 0 aliphatic heterocycles. The molecule has 0 fully saturated rings. The maximum absolute atomic E-state index is 12.4. The van der Waals surface area contributed by atoms with Crippen LogP contribution in [-0.4, -0.2) is 31.7 Å². The Morgan fingerprint density at radius 2 is 1.74 bits per heavy atom. The van der Waals surface area contributed by atoms with Crippen LogP contribution in [0.25, 0.3) is 0 Å². The van der Waals surface area contributed by atoms with E-state index in [1.54, 1.807) is 18.2 Å². The molecule has 6 nitrogen and oxygen atoms in total. The fraction of sp³-hybridized carbons (Fsp3) is 0.333. The first-order valence-electron chi connectivity index (χ1n) is 8.90. The van der Waals surface area contributed by atoms with Gasteiger partial charge in [0.15, 0.2) is 17.6 Å². The van der Waals surface area contributed by atoms with Gasteiger partial charge in [-0.1, -0.05) is 19.1 Å². The van der Waals surface area contributed by atoms with E-state index in [1.165, 1.54) is 19.6 Å². The van der Waals surface area contributed by atoms with Crippen LogP contribution in [0.3, 0.4) is 0 Å². The van der Waals surface area contributed by atoms with Crippen molar-refractivity contribution in [1.82, 2.24) is 0 Å². The summed E-state index contributed by atoms with van der Waals surface area (Å²) in [5, 5.41) is 2.74. The van der Waals surface area contributed by atoms with Crippen molar-refractivity contribution in [2.45, 2.75) is 33.3 Å². The molecule has 1 atom stereocenters. The number of methoxy groups -OCH3 is 1. The number of hydrogen-bond donors (Lipinski definition) is 1. The van der Waals surface area contributed by atoms with Gasteiger partial charge >= 0.3 is 5.97 Å². The van der Waals surface area contributed by atoms with E-state index in [9.17, 15) is 9.59 Å². The number of esters is 1. The number of benzene rings is 2. The minimum atomic E-state index is -0.944. The Bertz CT molecular complexity index is 786. The average Bonchev–Trinajstić information content (AvgIpc) is 2.68. The lowest BCUT2D eigenvalue weighted by atomic mass is 10.1. The smallest absolute Gasteiger partial charge is 0.339 e. The van der Waals surface area contributed by atoms with E-state index in [4.69, 9.17) is 14.2 Å². The van der Waals surface area contributed by atoms with Gasteiger partial charge in [-0.15, -0.1) is 0 Å². The zero-order valence-corrected chi connectivity index (χ0v) is 16.1. The Morgan fingerprint density at radius 3 is 2.33 bits per heavy atom. The molecule has 0 spiro atoms. The second-order valence-corrected chi connectivity index (χ2v) is 5.89. The van der Waals surface area contributed by atoms with Gasteiger partial charge in [0.1, 0.15) is 0 Å². The minimum absolute atomic E-state index is 0.284. The lowest BCUT2D eigenvalue weighted by Gasteiger charge is -2.15. The normalized spacial score (nSPS) is 11.4. The van der Waals surface area contributed by atoms with Crippen molar-refractivity contribution in [1.29, 1.82) is 0 Å². The number of hydrogen-bond acceptors (Lipinski definition) is 5. The van der Waals surface area contributed by atoms with Crippen LogP contribution in [0, 0.1) is 0 Å². The number of ether oxygens (including phenoxy) is 3. The fourth-order valence-corrected chi connectivity index (χ4v) is 2.42. The summed E-state index contributed by atoms with van der Waals surface area (Å²) < 4.78 is 15.9. The molecule has 0 radical (unpaired) electrons. The molecule has 27 heavy (non-hydrogen) atoms. The molecule has 1 N–H and O–H groups in total. The molecule has 2 aromatic carbocycles. The van der Waals surface area contributed by atoms with Crippen LogP contribution >= 0.6 is 0 Å². The fourth-order valence-electron chi connectivity index (χ4n) is 2.42. The molecule has 0 aromatic heterocycles. The van der Waals surface area contributed by atoms with E-state index in [2.05, 4.69) is 12.2 Å². The Labute approximate surface area is 159 Å². The molecular weight excluding hydrogens is 346 g/mol. The van der Waals surface area contributed by atoms with Crippen LogP contribution in [0.1, 0.15) is 36.7 Å². The molecular formula is C21H25NO5. The summed E-state index contributed by atoms with van der Waals surface area (Å²) in [6.45, 7) is 5.86. The topological polar surface area (TPSA) is 73.9 Å². The Balaban J connectivity index is 2.01. The summed E-state index contributed by atoms with van der Waals surface area (Å²) >= 11 is 0. The number of rotatable bonds is 8. The van der Waals surface area contributed by atoms with Gasteiger partial charge < -0.3 is 19.5 Å². The van der Waals surface area contributed by atoms with E-state index < -0.39 is 18.0 Å². The minimum Gasteiger partial charge on any atom is -0.493 e. The number of nitrogens with one attached hydrogen (secondary N) is 1. The summed E-state index contributed by atoms with van der Waals surface area (Å²) in [7, 11) is 1.52. The Morgan fingerprint density at radius 1 is 1.04 bits per heavy atom. The van der Waals surface area contributed by atoms with Crippen LogP contribution in [0.4, 0.5) is 5.69 Å². The molecule has 0 bridgehead atoms. The highest BCUT2D eigenvalue weighted by atomic mass is 16.5. The standard InChI is InChI=1S/C21H25NO5/c1-5-15-7-10-17(11-8-15)22-20(23)14(3)27-21(24)16-9-12-18(25-4)19(13-16)26-6-2/h7-14H,5-6H2,1-4H3,(H,22,23)/t14-/m1/s1. The van der Waals surface area contributed by atoms with Gasteiger partial charge in [0.25, 0.3) is 5.91 Å². The first-order valence-corrected chi connectivity index (χ1v) is 8.90. The summed E-state index contributed by atoms with van der Waals surface area (Å²) in [5.41, 5.74) is 2.12. The van der Waals surface area contributed by atoms with Gasteiger partial charge in [-0.25, -0.2) is 4.79 Å². The van der Waals surface area contributed by atoms with Crippen molar-refractivity contribution >= 4 is 17.6 Å². The van der Waals surface area contributed by atoms with Gasteiger partial charge in [-0.05, 0) is 56.2 Å². The Kier molecular flexibility index (Phi) is 7.23. The summed E-state index contributed by atoms with van der Waals surface area (Å²) in [4.78, 5) is 24.6. The Hall–Kier alpha value is -3.02. The number of aryl methyl sites for hydroxylation is 1. The average molecular weight is 371 g/mol. The third-order valence-electron chi connectivity index (χ3n) is 3.98. The second kappa shape index (κ2) is 9.62. The van der Waals surface area contributed by atoms with E-state index in [0.29, 0.717) is 23.8 Å². The molecule has 0 aliphatic rings. The lowest BCUT2D eigenvalue weighted by Crippen LogP contribution is -2.30. The quantitative estimate of drug-likeness (QED) is 0.714. The van der Waals surface area contributed by atoms with Crippen molar-refractivity contribution < 1.29 is 23.8 Å². The zero-order valence-electron chi connectivity index (χ0n) is 16.1. The molecule has 0 unspecified atom stereocenters. The summed E-state index contributed by atoms with van der Waals surface area (Å²) in [6.07, 6.45) is -0.0191. The highest BCUT2D eigenvalue weighted by molar-refractivity contribution is 5.97. The molecule has 6 heteroatoms. The number of carbonyl (C=O) groups is 2. The van der Waals surface area contributed by atoms with E-state index in [-0.39, 0.29) is 5.56 Å². The van der Waals surface area contributed by atoms with E-state index in [0.717, 1.165) is 6.42 Å². The van der Waals surface area contributed by atoms with Crippen LogP contribution in [0.2, 0.25) is 0 Å². The van der Waals surface area contributed by atoms with Crippen LogP contribution < -0.4 is 14.8 Å². The first kappa shape index (κ1) is 20.3. The van der Waals surface area contributed by atoms with Crippen LogP contribution in [0.5, 0.6) is 11.5 Å². The number of anilines is 1. The summed E-state index contributed by atoms with van der Waals surface area (Å²) in [5.74, 6) is -0.0361. The van der Waals surface area contributed by atoms with Gasteiger partial charge in [-0.3, -0.25) is 4.79 Å². The largest absolute Gasteiger partial charge is 0.493 e. The van der Waals surface area contributed by atoms with Crippen molar-refractivity contribution in [3.63, 3.8) is 0 Å². The van der Waals surface area contributed by atoms with Crippen molar-refractivity contribution in [2.24, 2.45) is 0 Å².